The van der Waals surface area contributed by atoms with Gasteiger partial charge in [-0.3, -0.25) is 4.79 Å². The van der Waals surface area contributed by atoms with Gasteiger partial charge in [0.05, 0.1) is 0 Å². The number of benzene rings is 2. The van der Waals surface area contributed by atoms with Crippen LogP contribution in [0, 0.1) is 13.8 Å². The Labute approximate surface area is 185 Å². The van der Waals surface area contributed by atoms with Crippen molar-refractivity contribution in [3.63, 3.8) is 0 Å². The lowest BCUT2D eigenvalue weighted by atomic mass is 10.1. The fourth-order valence-electron chi connectivity index (χ4n) is 2.76. The lowest BCUT2D eigenvalue weighted by molar-refractivity contribution is 0.0907. The van der Waals surface area contributed by atoms with Crippen LogP contribution in [0.5, 0.6) is 0 Å². The first-order chi connectivity index (χ1) is 14.8. The first-order valence-electron chi connectivity index (χ1n) is 9.76. The highest BCUT2D eigenvalue weighted by atomic mass is 35.5. The van der Waals surface area contributed by atoms with Gasteiger partial charge in [-0.1, -0.05) is 41.0 Å². The SMILES string of the molecule is Cc1ccc(C)c(NC(=O)N(C)CCc2noc(C(=O)NCc3ccc(Cl)cc3)n2)c1. The lowest BCUT2D eigenvalue weighted by Gasteiger charge is -2.18. The summed E-state index contributed by atoms with van der Waals surface area (Å²) in [5.41, 5.74) is 3.72. The molecule has 0 spiro atoms. The van der Waals surface area contributed by atoms with Crippen LogP contribution in [0.2, 0.25) is 5.02 Å². The molecule has 0 unspecified atom stereocenters. The van der Waals surface area contributed by atoms with Gasteiger partial charge in [-0.25, -0.2) is 4.79 Å². The van der Waals surface area contributed by atoms with Crippen molar-refractivity contribution in [2.45, 2.75) is 26.8 Å². The third kappa shape index (κ3) is 6.29. The van der Waals surface area contributed by atoms with Crippen molar-refractivity contribution in [2.75, 3.05) is 18.9 Å². The Morgan fingerprint density at radius 1 is 1.13 bits per heavy atom. The second-order valence-corrected chi connectivity index (χ2v) is 7.68. The number of hydrogen-bond acceptors (Lipinski definition) is 5. The maximum absolute atomic E-state index is 12.4. The van der Waals surface area contributed by atoms with Gasteiger partial charge in [0, 0.05) is 37.3 Å². The number of urea groups is 1. The summed E-state index contributed by atoms with van der Waals surface area (Å²) >= 11 is 5.85. The molecule has 3 rings (SSSR count). The van der Waals surface area contributed by atoms with Gasteiger partial charge in [-0.2, -0.15) is 4.98 Å². The molecule has 0 bridgehead atoms. The highest BCUT2D eigenvalue weighted by Gasteiger charge is 2.16. The fraction of sp³-hybridized carbons (Fsp3) is 0.273. The Morgan fingerprint density at radius 2 is 1.87 bits per heavy atom. The summed E-state index contributed by atoms with van der Waals surface area (Å²) in [6.07, 6.45) is 0.352. The molecule has 31 heavy (non-hydrogen) atoms. The van der Waals surface area contributed by atoms with Gasteiger partial charge in [0.25, 0.3) is 0 Å². The van der Waals surface area contributed by atoms with E-state index in [1.165, 1.54) is 4.90 Å². The van der Waals surface area contributed by atoms with Gasteiger partial charge in [0.1, 0.15) is 0 Å². The molecule has 0 fully saturated rings. The summed E-state index contributed by atoms with van der Waals surface area (Å²) in [5, 5.41) is 10.1. The molecule has 2 N–H and O–H groups in total. The van der Waals surface area contributed by atoms with Gasteiger partial charge < -0.3 is 20.1 Å². The summed E-state index contributed by atoms with van der Waals surface area (Å²) in [4.78, 5) is 30.3. The van der Waals surface area contributed by atoms with Crippen LogP contribution in [0.3, 0.4) is 0 Å². The summed E-state index contributed by atoms with van der Waals surface area (Å²) < 4.78 is 5.04. The first-order valence-corrected chi connectivity index (χ1v) is 10.1. The second kappa shape index (κ2) is 10.1. The Balaban J connectivity index is 1.48. The van der Waals surface area contributed by atoms with Crippen LogP contribution >= 0.6 is 11.6 Å². The van der Waals surface area contributed by atoms with E-state index in [-0.39, 0.29) is 11.9 Å². The summed E-state index contributed by atoms with van der Waals surface area (Å²) in [6.45, 7) is 4.59. The van der Waals surface area contributed by atoms with E-state index in [4.69, 9.17) is 16.1 Å². The van der Waals surface area contributed by atoms with E-state index in [0.29, 0.717) is 30.4 Å². The topological polar surface area (TPSA) is 100 Å². The number of likely N-dealkylation sites (N-methyl/N-ethyl adjacent to an activating group) is 1. The van der Waals surface area contributed by atoms with Gasteiger partial charge >= 0.3 is 17.8 Å². The number of nitrogens with zero attached hydrogens (tertiary/aromatic N) is 3. The highest BCUT2D eigenvalue weighted by Crippen LogP contribution is 2.16. The molecule has 0 atom stereocenters. The normalized spacial score (nSPS) is 10.6. The fourth-order valence-corrected chi connectivity index (χ4v) is 2.88. The zero-order valence-electron chi connectivity index (χ0n) is 17.6. The number of rotatable bonds is 7. The number of amides is 3. The zero-order chi connectivity index (χ0) is 22.4. The van der Waals surface area contributed by atoms with E-state index >= 15 is 0 Å². The largest absolute Gasteiger partial charge is 0.344 e. The average molecular weight is 442 g/mol. The van der Waals surface area contributed by atoms with Gasteiger partial charge in [-0.05, 0) is 48.7 Å². The maximum atomic E-state index is 12.4. The van der Waals surface area contributed by atoms with Gasteiger partial charge in [0.15, 0.2) is 5.82 Å². The standard InChI is InChI=1S/C22H24ClN5O3/c1-14-4-5-15(2)18(12-14)25-22(30)28(3)11-10-19-26-21(31-27-19)20(29)24-13-16-6-8-17(23)9-7-16/h4-9,12H,10-11,13H2,1-3H3,(H,24,29)(H,25,30). The monoisotopic (exact) mass is 441 g/mol. The van der Waals surface area contributed by atoms with Gasteiger partial charge in [-0.15, -0.1) is 0 Å². The quantitative estimate of drug-likeness (QED) is 0.577. The molecule has 0 aliphatic carbocycles. The van der Waals surface area contributed by atoms with Crippen LogP contribution in [0.4, 0.5) is 10.5 Å². The average Bonchev–Trinajstić information content (AvgIpc) is 3.23. The van der Waals surface area contributed by atoms with Crippen LogP contribution < -0.4 is 10.6 Å². The van der Waals surface area contributed by atoms with Crippen LogP contribution in [0.15, 0.2) is 47.0 Å². The summed E-state index contributed by atoms with van der Waals surface area (Å²) in [5.74, 6) is -0.232. The van der Waals surface area contributed by atoms with Crippen molar-refractivity contribution >= 4 is 29.2 Å². The van der Waals surface area contributed by atoms with E-state index in [2.05, 4.69) is 20.8 Å². The number of nitrogens with one attached hydrogen (secondary N) is 2. The van der Waals surface area contributed by atoms with Crippen LogP contribution in [0.1, 0.15) is 33.2 Å². The Bertz CT molecular complexity index is 1070. The number of aryl methyl sites for hydroxylation is 2. The molecule has 0 aliphatic heterocycles. The molecular formula is C22H24ClN5O3. The van der Waals surface area contributed by atoms with E-state index in [1.807, 2.05) is 44.2 Å². The smallest absolute Gasteiger partial charge is 0.321 e. The minimum absolute atomic E-state index is 0.119. The van der Waals surface area contributed by atoms with Crippen molar-refractivity contribution < 1.29 is 14.1 Å². The predicted molar refractivity (Wildman–Crippen MR) is 118 cm³/mol. The van der Waals surface area contributed by atoms with Crippen molar-refractivity contribution in [3.8, 4) is 0 Å². The minimum atomic E-state index is -0.463. The van der Waals surface area contributed by atoms with Crippen molar-refractivity contribution in [2.24, 2.45) is 0 Å². The molecule has 162 valence electrons. The van der Waals surface area contributed by atoms with Crippen LogP contribution in [0.25, 0.3) is 0 Å². The lowest BCUT2D eigenvalue weighted by Crippen LogP contribution is -2.33. The molecule has 1 heterocycles. The number of carbonyl (C=O) groups is 2. The molecule has 0 radical (unpaired) electrons. The number of carbonyl (C=O) groups excluding carboxylic acids is 2. The van der Waals surface area contributed by atoms with Crippen LogP contribution in [-0.4, -0.2) is 40.6 Å². The molecule has 1 aromatic heterocycles. The minimum Gasteiger partial charge on any atom is -0.344 e. The third-order valence-corrected chi connectivity index (χ3v) is 4.93. The molecule has 9 heteroatoms. The van der Waals surface area contributed by atoms with Crippen molar-refractivity contribution in [1.29, 1.82) is 0 Å². The number of hydrogen-bond donors (Lipinski definition) is 2. The van der Waals surface area contributed by atoms with E-state index in [0.717, 1.165) is 22.4 Å². The predicted octanol–water partition coefficient (Wildman–Crippen LogP) is 3.98. The molecular weight excluding hydrogens is 418 g/mol. The third-order valence-electron chi connectivity index (χ3n) is 4.68. The number of aromatic nitrogens is 2. The molecule has 0 saturated heterocycles. The van der Waals surface area contributed by atoms with E-state index in [1.54, 1.807) is 19.2 Å². The molecule has 3 amide bonds. The van der Waals surface area contributed by atoms with E-state index in [9.17, 15) is 9.59 Å². The Kier molecular flexibility index (Phi) is 7.25. The van der Waals surface area contributed by atoms with Gasteiger partial charge in [0.2, 0.25) is 0 Å². The molecule has 0 aliphatic rings. The van der Waals surface area contributed by atoms with Crippen molar-refractivity contribution in [1.82, 2.24) is 20.4 Å². The molecule has 2 aromatic carbocycles. The maximum Gasteiger partial charge on any atom is 0.321 e. The number of anilines is 1. The summed E-state index contributed by atoms with van der Waals surface area (Å²) in [6, 6.07) is 12.8. The molecule has 8 nitrogen and oxygen atoms in total. The highest BCUT2D eigenvalue weighted by molar-refractivity contribution is 6.30. The van der Waals surface area contributed by atoms with Crippen LogP contribution in [-0.2, 0) is 13.0 Å². The Hall–Kier alpha value is -3.39. The summed E-state index contributed by atoms with van der Waals surface area (Å²) in [7, 11) is 1.68. The first kappa shape index (κ1) is 22.3. The van der Waals surface area contributed by atoms with E-state index < -0.39 is 5.91 Å². The zero-order valence-corrected chi connectivity index (χ0v) is 18.4. The second-order valence-electron chi connectivity index (χ2n) is 7.24. The number of halogens is 1. The Morgan fingerprint density at radius 3 is 2.61 bits per heavy atom. The molecule has 0 saturated carbocycles. The van der Waals surface area contributed by atoms with Crippen molar-refractivity contribution in [3.05, 3.63) is 75.9 Å². The molecule has 3 aromatic rings.